The summed E-state index contributed by atoms with van der Waals surface area (Å²) in [5, 5.41) is 3.99. The number of carbonyl (C=O) groups is 1. The molecule has 32 heavy (non-hydrogen) atoms. The maximum Gasteiger partial charge on any atom is 0.271 e. The summed E-state index contributed by atoms with van der Waals surface area (Å²) in [4.78, 5) is 15.9. The number of pyridine rings is 1. The molecule has 0 aliphatic carbocycles. The van der Waals surface area contributed by atoms with Gasteiger partial charge in [-0.2, -0.15) is 5.10 Å². The van der Waals surface area contributed by atoms with E-state index in [0.717, 1.165) is 28.9 Å². The van der Waals surface area contributed by atoms with Gasteiger partial charge < -0.3 is 14.2 Å². The van der Waals surface area contributed by atoms with E-state index in [4.69, 9.17) is 14.2 Å². The molecule has 7 nitrogen and oxygen atoms in total. The summed E-state index contributed by atoms with van der Waals surface area (Å²) in [6.07, 6.45) is 5.39. The fraction of sp³-hybridized carbons (Fsp3) is 0.240. The third kappa shape index (κ3) is 6.31. The molecule has 3 aromatic rings. The normalized spacial score (nSPS) is 10.7. The van der Waals surface area contributed by atoms with E-state index in [1.54, 1.807) is 43.9 Å². The number of aromatic nitrogens is 1. The van der Waals surface area contributed by atoms with Crippen LogP contribution >= 0.6 is 0 Å². The maximum absolute atomic E-state index is 12.0. The van der Waals surface area contributed by atoms with Gasteiger partial charge in [-0.25, -0.2) is 5.43 Å². The van der Waals surface area contributed by atoms with Crippen molar-refractivity contribution in [2.24, 2.45) is 5.10 Å². The van der Waals surface area contributed by atoms with Crippen LogP contribution in [0.2, 0.25) is 0 Å². The number of benzene rings is 2. The van der Waals surface area contributed by atoms with Gasteiger partial charge in [0.2, 0.25) is 0 Å². The van der Waals surface area contributed by atoms with Crippen molar-refractivity contribution in [1.29, 1.82) is 0 Å². The van der Waals surface area contributed by atoms with Crippen LogP contribution in [0.4, 0.5) is 0 Å². The van der Waals surface area contributed by atoms with Crippen LogP contribution in [-0.4, -0.2) is 37.4 Å². The van der Waals surface area contributed by atoms with E-state index in [9.17, 15) is 4.79 Å². The summed E-state index contributed by atoms with van der Waals surface area (Å²) in [5.41, 5.74) is 5.99. The Morgan fingerprint density at radius 2 is 1.72 bits per heavy atom. The van der Waals surface area contributed by atoms with E-state index in [1.807, 2.05) is 44.2 Å². The van der Waals surface area contributed by atoms with Gasteiger partial charge in [-0.15, -0.1) is 0 Å². The molecule has 0 saturated carbocycles. The molecule has 0 radical (unpaired) electrons. The summed E-state index contributed by atoms with van der Waals surface area (Å²) in [6, 6.07) is 14.8. The molecule has 1 amide bonds. The Morgan fingerprint density at radius 3 is 2.44 bits per heavy atom. The van der Waals surface area contributed by atoms with Crippen molar-refractivity contribution < 1.29 is 19.0 Å². The lowest BCUT2D eigenvalue weighted by Crippen LogP contribution is -2.17. The van der Waals surface area contributed by atoms with E-state index in [0.29, 0.717) is 30.3 Å². The van der Waals surface area contributed by atoms with Crippen LogP contribution in [0.3, 0.4) is 0 Å². The second-order valence-corrected chi connectivity index (χ2v) is 7.12. The van der Waals surface area contributed by atoms with Crippen LogP contribution in [0.15, 0.2) is 66.0 Å². The van der Waals surface area contributed by atoms with Crippen LogP contribution in [-0.2, 0) is 0 Å². The first-order valence-corrected chi connectivity index (χ1v) is 10.3. The summed E-state index contributed by atoms with van der Waals surface area (Å²) >= 11 is 0. The van der Waals surface area contributed by atoms with Gasteiger partial charge in [-0.1, -0.05) is 18.2 Å². The predicted molar refractivity (Wildman–Crippen MR) is 124 cm³/mol. The molecule has 0 bridgehead atoms. The zero-order valence-electron chi connectivity index (χ0n) is 18.5. The number of hydrogen-bond donors (Lipinski definition) is 1. The SMILES string of the molecule is COc1cc(C=NNC(=O)c2ccncc2)ccc1OCCCOc1c(C)cccc1C. The molecule has 0 unspecified atom stereocenters. The number of aryl methyl sites for hydroxylation is 2. The largest absolute Gasteiger partial charge is 0.493 e. The fourth-order valence-electron chi connectivity index (χ4n) is 3.06. The number of rotatable bonds is 10. The highest BCUT2D eigenvalue weighted by molar-refractivity contribution is 5.94. The average molecular weight is 434 g/mol. The van der Waals surface area contributed by atoms with Gasteiger partial charge in [-0.3, -0.25) is 9.78 Å². The van der Waals surface area contributed by atoms with Crippen molar-refractivity contribution in [2.75, 3.05) is 20.3 Å². The van der Waals surface area contributed by atoms with Crippen LogP contribution in [0.25, 0.3) is 0 Å². The van der Waals surface area contributed by atoms with Crippen molar-refractivity contribution in [2.45, 2.75) is 20.3 Å². The predicted octanol–water partition coefficient (Wildman–Crippen LogP) is 4.32. The minimum Gasteiger partial charge on any atom is -0.493 e. The average Bonchev–Trinajstić information content (AvgIpc) is 2.81. The Balaban J connectivity index is 1.49. The lowest BCUT2D eigenvalue weighted by Gasteiger charge is -2.13. The van der Waals surface area contributed by atoms with Crippen molar-refractivity contribution in [3.05, 3.63) is 83.2 Å². The first-order chi connectivity index (χ1) is 15.6. The van der Waals surface area contributed by atoms with Gasteiger partial charge >= 0.3 is 0 Å². The second-order valence-electron chi connectivity index (χ2n) is 7.12. The Kier molecular flexibility index (Phi) is 8.20. The Labute approximate surface area is 188 Å². The molecule has 3 rings (SSSR count). The van der Waals surface area contributed by atoms with E-state index < -0.39 is 0 Å². The summed E-state index contributed by atoms with van der Waals surface area (Å²) in [5.74, 6) is 1.85. The fourth-order valence-corrected chi connectivity index (χ4v) is 3.06. The first-order valence-electron chi connectivity index (χ1n) is 10.3. The van der Waals surface area contributed by atoms with Crippen LogP contribution in [0.1, 0.15) is 33.5 Å². The van der Waals surface area contributed by atoms with E-state index in [-0.39, 0.29) is 5.91 Å². The van der Waals surface area contributed by atoms with Gasteiger partial charge in [0.15, 0.2) is 11.5 Å². The standard InChI is InChI=1S/C25H27N3O4/c1-18-6-4-7-19(2)24(18)32-15-5-14-31-22-9-8-20(16-23(22)30-3)17-27-28-25(29)21-10-12-26-13-11-21/h4,6-13,16-17H,5,14-15H2,1-3H3,(H,28,29). The Morgan fingerprint density at radius 1 is 1.00 bits per heavy atom. The summed E-state index contributed by atoms with van der Waals surface area (Å²) in [7, 11) is 1.58. The number of hydrogen-bond acceptors (Lipinski definition) is 6. The third-order valence-electron chi connectivity index (χ3n) is 4.71. The molecule has 1 heterocycles. The van der Waals surface area contributed by atoms with Gasteiger partial charge in [0.1, 0.15) is 5.75 Å². The number of para-hydroxylation sites is 1. The van der Waals surface area contributed by atoms with Gasteiger partial charge in [0.05, 0.1) is 26.5 Å². The number of hydrazone groups is 1. The zero-order chi connectivity index (χ0) is 22.8. The number of nitrogens with zero attached hydrogens (tertiary/aromatic N) is 2. The maximum atomic E-state index is 12.0. The first kappa shape index (κ1) is 22.8. The molecule has 0 spiro atoms. The molecule has 1 aromatic heterocycles. The van der Waals surface area contributed by atoms with Crippen molar-refractivity contribution in [1.82, 2.24) is 10.4 Å². The number of methoxy groups -OCH3 is 1. The smallest absolute Gasteiger partial charge is 0.271 e. The molecule has 0 atom stereocenters. The molecule has 2 aromatic carbocycles. The molecule has 166 valence electrons. The highest BCUT2D eigenvalue weighted by Gasteiger charge is 2.07. The summed E-state index contributed by atoms with van der Waals surface area (Å²) < 4.78 is 17.2. The molecule has 1 N–H and O–H groups in total. The molecule has 0 fully saturated rings. The quantitative estimate of drug-likeness (QED) is 0.293. The topological polar surface area (TPSA) is 82.0 Å². The van der Waals surface area contributed by atoms with Crippen molar-refractivity contribution >= 4 is 12.1 Å². The Hall–Kier alpha value is -3.87. The van der Waals surface area contributed by atoms with Crippen LogP contribution < -0.4 is 19.6 Å². The zero-order valence-corrected chi connectivity index (χ0v) is 18.5. The number of carbonyl (C=O) groups excluding carboxylic acids is 1. The van der Waals surface area contributed by atoms with E-state index in [1.165, 1.54) is 0 Å². The molecular formula is C25H27N3O4. The minimum atomic E-state index is -0.307. The highest BCUT2D eigenvalue weighted by Crippen LogP contribution is 2.28. The number of ether oxygens (including phenoxy) is 3. The van der Waals surface area contributed by atoms with Crippen molar-refractivity contribution in [3.63, 3.8) is 0 Å². The van der Waals surface area contributed by atoms with Gasteiger partial charge in [-0.05, 0) is 60.9 Å². The lowest BCUT2D eigenvalue weighted by molar-refractivity contribution is 0.0955. The molecule has 0 saturated heterocycles. The van der Waals surface area contributed by atoms with Gasteiger partial charge in [0, 0.05) is 24.4 Å². The van der Waals surface area contributed by atoms with Crippen molar-refractivity contribution in [3.8, 4) is 17.2 Å². The van der Waals surface area contributed by atoms with Crippen LogP contribution in [0, 0.1) is 13.8 Å². The molecule has 7 heteroatoms. The second kappa shape index (κ2) is 11.5. The highest BCUT2D eigenvalue weighted by atomic mass is 16.5. The minimum absolute atomic E-state index is 0.307. The molecule has 0 aliphatic heterocycles. The summed E-state index contributed by atoms with van der Waals surface area (Å²) in [6.45, 7) is 5.14. The third-order valence-corrected chi connectivity index (χ3v) is 4.71. The molecule has 0 aliphatic rings. The van der Waals surface area contributed by atoms with Crippen LogP contribution in [0.5, 0.6) is 17.2 Å². The lowest BCUT2D eigenvalue weighted by atomic mass is 10.1. The molecular weight excluding hydrogens is 406 g/mol. The number of nitrogens with one attached hydrogen (secondary N) is 1. The van der Waals surface area contributed by atoms with E-state index in [2.05, 4.69) is 15.5 Å². The van der Waals surface area contributed by atoms with E-state index >= 15 is 0 Å². The van der Waals surface area contributed by atoms with Gasteiger partial charge in [0.25, 0.3) is 5.91 Å². The number of amides is 1. The Bertz CT molecular complexity index is 1050. The monoisotopic (exact) mass is 433 g/mol.